The molecule has 0 heterocycles. The molecule has 0 fully saturated rings. The zero-order chi connectivity index (χ0) is 61.5. The van der Waals surface area contributed by atoms with Gasteiger partial charge in [-0.25, -0.2) is 0 Å². The fraction of sp³-hybridized carbons (Fsp3) is 0.326. The molecule has 0 aromatic heterocycles. The molecular weight excluding hydrogens is 1050 g/mol. The van der Waals surface area contributed by atoms with Gasteiger partial charge in [0.25, 0.3) is 0 Å². The van der Waals surface area contributed by atoms with Crippen molar-refractivity contribution in [2.24, 2.45) is 0 Å². The van der Waals surface area contributed by atoms with Crippen LogP contribution in [0.15, 0.2) is 207 Å². The Labute approximate surface area is 526 Å². The number of aryl methyl sites for hydroxylation is 6. The summed E-state index contributed by atoms with van der Waals surface area (Å²) in [6, 6.07) is 72.5. The van der Waals surface area contributed by atoms with Crippen molar-refractivity contribution < 1.29 is 0 Å². The molecule has 9 aromatic carbocycles. The van der Waals surface area contributed by atoms with Crippen LogP contribution in [0.2, 0.25) is 0 Å². The zero-order valence-corrected chi connectivity index (χ0v) is 54.7. The third kappa shape index (κ3) is 14.3. The van der Waals surface area contributed by atoms with Gasteiger partial charge in [0.2, 0.25) is 0 Å². The summed E-state index contributed by atoms with van der Waals surface area (Å²) in [5.41, 5.74) is 29.2. The lowest BCUT2D eigenvalue weighted by atomic mass is 9.67. The molecule has 1 atom stereocenters. The Hall–Kier alpha value is -7.74. The minimum Gasteiger partial charge on any atom is -0.311 e. The molecule has 9 aromatic rings. The van der Waals surface area contributed by atoms with Crippen LogP contribution in [0.5, 0.6) is 0 Å². The molecule has 1 nitrogen and oxygen atoms in total. The number of nitrogens with zero attached hydrogens (tertiary/aromatic N) is 1. The van der Waals surface area contributed by atoms with Crippen LogP contribution in [0.25, 0.3) is 34.4 Å². The van der Waals surface area contributed by atoms with Crippen LogP contribution >= 0.6 is 0 Å². The van der Waals surface area contributed by atoms with E-state index in [1.807, 2.05) is 12.2 Å². The van der Waals surface area contributed by atoms with E-state index in [0.29, 0.717) is 5.92 Å². The fourth-order valence-corrected chi connectivity index (χ4v) is 13.9. The zero-order valence-electron chi connectivity index (χ0n) is 54.7. The van der Waals surface area contributed by atoms with E-state index in [1.54, 1.807) is 11.1 Å². The van der Waals surface area contributed by atoms with Crippen LogP contribution < -0.4 is 4.90 Å². The van der Waals surface area contributed by atoms with Gasteiger partial charge in [0, 0.05) is 22.5 Å². The van der Waals surface area contributed by atoms with E-state index in [0.717, 1.165) is 11.1 Å². The van der Waals surface area contributed by atoms with Crippen molar-refractivity contribution in [3.63, 3.8) is 0 Å². The molecule has 0 N–H and O–H groups in total. The van der Waals surface area contributed by atoms with E-state index in [1.165, 1.54) is 197 Å². The van der Waals surface area contributed by atoms with Crippen molar-refractivity contribution in [2.75, 3.05) is 4.90 Å². The summed E-state index contributed by atoms with van der Waals surface area (Å²) in [6.45, 7) is 30.2. The number of hydrogen-bond donors (Lipinski definition) is 0. The third-order valence-electron chi connectivity index (χ3n) is 19.1. The Kier molecular flexibility index (Phi) is 21.8. The third-order valence-corrected chi connectivity index (χ3v) is 19.1. The molecule has 0 saturated heterocycles. The predicted octanol–water partition coefficient (Wildman–Crippen LogP) is 25.3. The SMILES string of the molecule is C=Cc1ccc(C2(c3ccc(C=C)cc3)c3cc(C)ccc3-c3ccc(C)cc32)cc1.CCC(C)c1ccc(N(c2ccc(C)cc2)c2ccc(C)cc2)cc1.CCCCCCCCC1(CCCCCCCC)c2cc(C)ccc2-c2ccc(C)cc21. The molecule has 0 radical (unpaired) electrons. The van der Waals surface area contributed by atoms with Crippen LogP contribution in [0.1, 0.15) is 213 Å². The van der Waals surface area contributed by atoms with Crippen molar-refractivity contribution in [1.29, 1.82) is 0 Å². The summed E-state index contributed by atoms with van der Waals surface area (Å²) in [5, 5.41) is 0. The topological polar surface area (TPSA) is 3.24 Å². The van der Waals surface area contributed by atoms with Crippen LogP contribution in [-0.2, 0) is 10.8 Å². The second kappa shape index (κ2) is 29.8. The first-order valence-corrected chi connectivity index (χ1v) is 33.2. The van der Waals surface area contributed by atoms with Crippen LogP contribution in [-0.4, -0.2) is 0 Å². The van der Waals surface area contributed by atoms with E-state index in [4.69, 9.17) is 0 Å². The monoisotopic (exact) mass is 1150 g/mol. The first kappa shape index (κ1) is 63.8. The van der Waals surface area contributed by atoms with Crippen molar-refractivity contribution >= 4 is 29.2 Å². The molecule has 0 spiro atoms. The Bertz CT molecular complexity index is 3460. The quantitative estimate of drug-likeness (QED) is 0.0577. The lowest BCUT2D eigenvalue weighted by molar-refractivity contribution is 0.397. The maximum atomic E-state index is 3.94. The van der Waals surface area contributed by atoms with Crippen LogP contribution in [0, 0.1) is 41.5 Å². The fourth-order valence-electron chi connectivity index (χ4n) is 13.9. The number of fused-ring (bicyclic) bond motifs is 6. The number of rotatable bonds is 23. The Morgan fingerprint density at radius 3 is 1.01 bits per heavy atom. The van der Waals surface area contributed by atoms with Crippen molar-refractivity contribution in [3.05, 3.63) is 291 Å². The first-order chi connectivity index (χ1) is 42.3. The average molecular weight is 1150 g/mol. The van der Waals surface area contributed by atoms with Gasteiger partial charge >= 0.3 is 0 Å². The number of unbranched alkanes of at least 4 members (excludes halogenated alkanes) is 10. The summed E-state index contributed by atoms with van der Waals surface area (Å²) in [7, 11) is 0. The summed E-state index contributed by atoms with van der Waals surface area (Å²) >= 11 is 0. The predicted molar refractivity (Wildman–Crippen MR) is 381 cm³/mol. The maximum absolute atomic E-state index is 3.94. The Morgan fingerprint density at radius 1 is 0.356 bits per heavy atom. The van der Waals surface area contributed by atoms with Crippen LogP contribution in [0.4, 0.5) is 17.1 Å². The Balaban J connectivity index is 0.000000157. The number of benzene rings is 9. The molecule has 0 saturated carbocycles. The van der Waals surface area contributed by atoms with E-state index < -0.39 is 0 Å². The van der Waals surface area contributed by atoms with Crippen molar-refractivity contribution in [3.8, 4) is 22.3 Å². The van der Waals surface area contributed by atoms with Gasteiger partial charge in [-0.2, -0.15) is 0 Å². The lowest BCUT2D eigenvalue weighted by Crippen LogP contribution is -2.28. The highest BCUT2D eigenvalue weighted by Crippen LogP contribution is 2.57. The highest BCUT2D eigenvalue weighted by molar-refractivity contribution is 5.87. The summed E-state index contributed by atoms with van der Waals surface area (Å²) < 4.78 is 0. The normalized spacial score (nSPS) is 13.2. The highest BCUT2D eigenvalue weighted by atomic mass is 15.1. The highest BCUT2D eigenvalue weighted by Gasteiger charge is 2.46. The summed E-state index contributed by atoms with van der Waals surface area (Å²) in [4.78, 5) is 2.32. The second-order valence-corrected chi connectivity index (χ2v) is 25.6. The standard InChI is InChI=1S/C31H26.C31H46.C24H27N/c1-5-23-9-13-25(14-10-23)31(26-15-11-24(6-2)12-16-26)29-19-21(3)7-17-27(29)28-18-8-22(4)20-30(28)31;1-5-7-9-11-13-15-21-31(22-16-14-12-10-8-6-2)29-23-25(3)17-19-27(29)28-20-18-26(4)24-30(28)31;1-5-20(4)21-10-16-24(17-11-21)25(22-12-6-18(2)7-13-22)23-14-8-19(3)9-15-23/h5-20H,1-2H2,3-4H3;17-20,23-24H,5-16,21-22H2,1-4H3;6-17,20H,5H2,1-4H3. The molecule has 87 heavy (non-hydrogen) atoms. The molecule has 0 aliphatic heterocycles. The minimum atomic E-state index is -0.359. The minimum absolute atomic E-state index is 0.234. The van der Waals surface area contributed by atoms with Gasteiger partial charge in [-0.15, -0.1) is 0 Å². The molecule has 0 amide bonds. The second-order valence-electron chi connectivity index (χ2n) is 25.6. The summed E-state index contributed by atoms with van der Waals surface area (Å²) in [6.07, 6.45) is 24.2. The van der Waals surface area contributed by atoms with Gasteiger partial charge in [0.05, 0.1) is 5.41 Å². The smallest absolute Gasteiger partial charge is 0.0713 e. The van der Waals surface area contributed by atoms with Gasteiger partial charge in [-0.05, 0) is 175 Å². The number of hydrogen-bond acceptors (Lipinski definition) is 1. The first-order valence-electron chi connectivity index (χ1n) is 33.2. The van der Waals surface area contributed by atoms with E-state index in [-0.39, 0.29) is 10.8 Å². The van der Waals surface area contributed by atoms with Gasteiger partial charge in [-0.1, -0.05) is 321 Å². The van der Waals surface area contributed by atoms with Gasteiger partial charge in [0.1, 0.15) is 0 Å². The molecule has 0 bridgehead atoms. The summed E-state index contributed by atoms with van der Waals surface area (Å²) in [5.74, 6) is 0.598. The molecular formula is C86H99N. The maximum Gasteiger partial charge on any atom is 0.0713 e. The van der Waals surface area contributed by atoms with E-state index >= 15 is 0 Å². The van der Waals surface area contributed by atoms with E-state index in [2.05, 4.69) is 281 Å². The van der Waals surface area contributed by atoms with Gasteiger partial charge in [-0.3, -0.25) is 0 Å². The molecule has 2 aliphatic carbocycles. The largest absolute Gasteiger partial charge is 0.311 e. The van der Waals surface area contributed by atoms with Crippen LogP contribution in [0.3, 0.4) is 0 Å². The van der Waals surface area contributed by atoms with Gasteiger partial charge < -0.3 is 4.90 Å². The average Bonchev–Trinajstić information content (AvgIpc) is 1.58. The van der Waals surface area contributed by atoms with Crippen molar-refractivity contribution in [1.82, 2.24) is 0 Å². The number of anilines is 3. The molecule has 1 unspecified atom stereocenters. The van der Waals surface area contributed by atoms with Gasteiger partial charge in [0.15, 0.2) is 0 Å². The lowest BCUT2D eigenvalue weighted by Gasteiger charge is -2.34. The molecule has 1 heteroatoms. The molecule has 2 aliphatic rings. The Morgan fingerprint density at radius 2 is 0.667 bits per heavy atom. The van der Waals surface area contributed by atoms with Crippen molar-refractivity contribution in [2.45, 2.75) is 182 Å². The molecule has 11 rings (SSSR count). The van der Waals surface area contributed by atoms with E-state index in [9.17, 15) is 0 Å². The molecule has 448 valence electrons.